The topological polar surface area (TPSA) is 63.0 Å². The SMILES string of the molecule is Cc1[nH]n(-c2ccc(I)cc2)c(=O)c1C=Nc1nc2ccc(Cl)cc2s1. The molecule has 0 bridgehead atoms. The van der Waals surface area contributed by atoms with Crippen LogP contribution in [0.1, 0.15) is 11.3 Å². The summed E-state index contributed by atoms with van der Waals surface area (Å²) in [5.74, 6) is 0. The zero-order valence-corrected chi connectivity index (χ0v) is 17.3. The van der Waals surface area contributed by atoms with Gasteiger partial charge in [0.1, 0.15) is 0 Å². The third-order valence-corrected chi connectivity index (χ3v) is 5.73. The minimum Gasteiger partial charge on any atom is -0.295 e. The second kappa shape index (κ2) is 6.98. The van der Waals surface area contributed by atoms with E-state index in [4.69, 9.17) is 11.6 Å². The largest absolute Gasteiger partial charge is 0.295 e. The Morgan fingerprint density at radius 1 is 1.27 bits per heavy atom. The summed E-state index contributed by atoms with van der Waals surface area (Å²) in [5, 5.41) is 4.35. The summed E-state index contributed by atoms with van der Waals surface area (Å²) in [5.41, 5.74) is 2.75. The third-order valence-electron chi connectivity index (χ3n) is 3.85. The van der Waals surface area contributed by atoms with Crippen molar-refractivity contribution >= 4 is 67.1 Å². The Hall–Kier alpha value is -1.97. The van der Waals surface area contributed by atoms with Crippen molar-refractivity contribution in [3.63, 3.8) is 0 Å². The highest BCUT2D eigenvalue weighted by Gasteiger charge is 2.11. The van der Waals surface area contributed by atoms with Crippen LogP contribution in [0, 0.1) is 10.5 Å². The van der Waals surface area contributed by atoms with Crippen molar-refractivity contribution in [1.82, 2.24) is 14.8 Å². The second-order valence-electron chi connectivity index (χ2n) is 5.63. The van der Waals surface area contributed by atoms with Gasteiger partial charge < -0.3 is 0 Å². The molecule has 0 unspecified atom stereocenters. The molecule has 0 spiro atoms. The Labute approximate surface area is 171 Å². The molecule has 8 heteroatoms. The summed E-state index contributed by atoms with van der Waals surface area (Å²) in [6, 6.07) is 13.2. The monoisotopic (exact) mass is 494 g/mol. The van der Waals surface area contributed by atoms with Crippen molar-refractivity contribution < 1.29 is 0 Å². The van der Waals surface area contributed by atoms with E-state index in [1.165, 1.54) is 16.0 Å². The minimum absolute atomic E-state index is 0.142. The van der Waals surface area contributed by atoms with Gasteiger partial charge in [0.05, 0.1) is 21.5 Å². The van der Waals surface area contributed by atoms with Crippen LogP contribution in [-0.2, 0) is 0 Å². The highest BCUT2D eigenvalue weighted by Crippen LogP contribution is 2.29. The predicted octanol–water partition coefficient (Wildman–Crippen LogP) is 5.09. The lowest BCUT2D eigenvalue weighted by Gasteiger charge is -2.00. The van der Waals surface area contributed by atoms with Crippen LogP contribution in [0.5, 0.6) is 0 Å². The first-order valence-corrected chi connectivity index (χ1v) is 9.96. The maximum absolute atomic E-state index is 12.7. The number of thiazole rings is 1. The number of nitrogens with one attached hydrogen (secondary N) is 1. The van der Waals surface area contributed by atoms with E-state index in [0.29, 0.717) is 15.7 Å². The normalized spacial score (nSPS) is 11.7. The molecule has 0 aliphatic heterocycles. The number of aromatic nitrogens is 3. The fraction of sp³-hybridized carbons (Fsp3) is 0.0556. The van der Waals surface area contributed by atoms with Gasteiger partial charge in [0.2, 0.25) is 5.13 Å². The van der Waals surface area contributed by atoms with Crippen LogP contribution in [0.3, 0.4) is 0 Å². The molecule has 0 aliphatic carbocycles. The lowest BCUT2D eigenvalue weighted by atomic mass is 10.3. The van der Waals surface area contributed by atoms with Crippen molar-refractivity contribution in [3.8, 4) is 5.69 Å². The second-order valence-corrected chi connectivity index (χ2v) is 8.33. The van der Waals surface area contributed by atoms with Crippen molar-refractivity contribution in [1.29, 1.82) is 0 Å². The third kappa shape index (κ3) is 3.34. The molecule has 4 rings (SSSR count). The Balaban J connectivity index is 1.70. The molecule has 5 nitrogen and oxygen atoms in total. The summed E-state index contributed by atoms with van der Waals surface area (Å²) in [7, 11) is 0. The first-order chi connectivity index (χ1) is 12.5. The fourth-order valence-electron chi connectivity index (χ4n) is 2.54. The summed E-state index contributed by atoms with van der Waals surface area (Å²) in [6.07, 6.45) is 1.57. The van der Waals surface area contributed by atoms with Gasteiger partial charge in [0.25, 0.3) is 5.56 Å². The molecule has 2 heterocycles. The van der Waals surface area contributed by atoms with Crippen molar-refractivity contribution in [2.75, 3.05) is 0 Å². The van der Waals surface area contributed by atoms with Crippen LogP contribution < -0.4 is 5.56 Å². The Bertz CT molecular complexity index is 1190. The summed E-state index contributed by atoms with van der Waals surface area (Å²) < 4.78 is 3.59. The van der Waals surface area contributed by atoms with Crippen LogP contribution in [0.2, 0.25) is 5.02 Å². The summed E-state index contributed by atoms with van der Waals surface area (Å²) >= 11 is 9.67. The maximum atomic E-state index is 12.7. The molecule has 0 fully saturated rings. The molecule has 0 saturated heterocycles. The number of aromatic amines is 1. The quantitative estimate of drug-likeness (QED) is 0.318. The number of halogens is 2. The van der Waals surface area contributed by atoms with Gasteiger partial charge in [-0.3, -0.25) is 9.89 Å². The number of H-pyrrole nitrogens is 1. The molecule has 0 radical (unpaired) electrons. The van der Waals surface area contributed by atoms with Crippen molar-refractivity contribution in [2.24, 2.45) is 4.99 Å². The number of hydrogen-bond acceptors (Lipinski definition) is 4. The molecular weight excluding hydrogens is 483 g/mol. The number of fused-ring (bicyclic) bond motifs is 1. The fourth-order valence-corrected chi connectivity index (χ4v) is 3.99. The maximum Gasteiger partial charge on any atom is 0.280 e. The lowest BCUT2D eigenvalue weighted by molar-refractivity contribution is 0.835. The Kier molecular flexibility index (Phi) is 4.68. The van der Waals surface area contributed by atoms with E-state index in [0.717, 1.165) is 25.2 Å². The van der Waals surface area contributed by atoms with Crippen molar-refractivity contribution in [3.05, 3.63) is 72.7 Å². The standard InChI is InChI=1S/C18H12ClIN4OS/c1-10-14(17(25)24(23-10)13-5-3-12(20)4-6-13)9-21-18-22-15-7-2-11(19)8-16(15)26-18/h2-9,23H,1H3. The van der Waals surface area contributed by atoms with Crippen LogP contribution in [-0.4, -0.2) is 21.0 Å². The molecule has 130 valence electrons. The summed E-state index contributed by atoms with van der Waals surface area (Å²) in [4.78, 5) is 21.6. The molecule has 26 heavy (non-hydrogen) atoms. The average Bonchev–Trinajstić information content (AvgIpc) is 3.14. The van der Waals surface area contributed by atoms with Gasteiger partial charge in [-0.15, -0.1) is 0 Å². The first-order valence-electron chi connectivity index (χ1n) is 7.69. The number of hydrogen-bond donors (Lipinski definition) is 1. The van der Waals surface area contributed by atoms with Crippen LogP contribution in [0.4, 0.5) is 5.13 Å². The molecule has 0 aliphatic rings. The van der Waals surface area contributed by atoms with E-state index in [2.05, 4.69) is 37.7 Å². The van der Waals surface area contributed by atoms with Gasteiger partial charge in [-0.25, -0.2) is 14.7 Å². The van der Waals surface area contributed by atoms with E-state index < -0.39 is 0 Å². The van der Waals surface area contributed by atoms with Gasteiger partial charge in [-0.05, 0) is 72.0 Å². The number of nitrogens with zero attached hydrogens (tertiary/aromatic N) is 3. The molecule has 0 amide bonds. The predicted molar refractivity (Wildman–Crippen MR) is 116 cm³/mol. The molecule has 0 atom stereocenters. The first kappa shape index (κ1) is 17.4. The minimum atomic E-state index is -0.142. The highest BCUT2D eigenvalue weighted by atomic mass is 127. The van der Waals surface area contributed by atoms with E-state index in [-0.39, 0.29) is 5.56 Å². The summed E-state index contributed by atoms with van der Waals surface area (Å²) in [6.45, 7) is 1.85. The van der Waals surface area contributed by atoms with Gasteiger partial charge >= 0.3 is 0 Å². The smallest absolute Gasteiger partial charge is 0.280 e. The zero-order chi connectivity index (χ0) is 18.3. The Morgan fingerprint density at radius 3 is 2.81 bits per heavy atom. The van der Waals surface area contributed by atoms with Gasteiger partial charge in [0, 0.05) is 20.5 Å². The van der Waals surface area contributed by atoms with Crippen LogP contribution in [0.25, 0.3) is 15.9 Å². The molecular formula is C18H12ClIN4OS. The van der Waals surface area contributed by atoms with Crippen LogP contribution >= 0.6 is 45.5 Å². The molecule has 4 aromatic rings. The highest BCUT2D eigenvalue weighted by molar-refractivity contribution is 14.1. The van der Waals surface area contributed by atoms with Crippen molar-refractivity contribution in [2.45, 2.75) is 6.92 Å². The molecule has 1 N–H and O–H groups in total. The van der Waals surface area contributed by atoms with Gasteiger partial charge in [0.15, 0.2) is 0 Å². The number of aryl methyl sites for hydroxylation is 1. The number of aliphatic imine (C=N–C) groups is 1. The lowest BCUT2D eigenvalue weighted by Crippen LogP contribution is -2.17. The van der Waals surface area contributed by atoms with Gasteiger partial charge in [-0.1, -0.05) is 22.9 Å². The average molecular weight is 495 g/mol. The number of benzene rings is 2. The Morgan fingerprint density at radius 2 is 2.04 bits per heavy atom. The molecule has 2 aromatic carbocycles. The van der Waals surface area contributed by atoms with Gasteiger partial charge in [-0.2, -0.15) is 0 Å². The van der Waals surface area contributed by atoms with Crippen LogP contribution in [0.15, 0.2) is 52.3 Å². The molecule has 2 aromatic heterocycles. The zero-order valence-electron chi connectivity index (χ0n) is 13.5. The van der Waals surface area contributed by atoms with E-state index in [9.17, 15) is 4.79 Å². The molecule has 0 saturated carbocycles. The number of rotatable bonds is 3. The van der Waals surface area contributed by atoms with E-state index in [1.54, 1.807) is 12.3 Å². The van der Waals surface area contributed by atoms with E-state index in [1.807, 2.05) is 43.3 Å². The van der Waals surface area contributed by atoms with E-state index >= 15 is 0 Å².